The summed E-state index contributed by atoms with van der Waals surface area (Å²) in [6, 6.07) is 9.75. The van der Waals surface area contributed by atoms with Crippen molar-refractivity contribution in [2.45, 2.75) is 19.0 Å². The van der Waals surface area contributed by atoms with Crippen LogP contribution >= 0.6 is 11.3 Å². The van der Waals surface area contributed by atoms with Gasteiger partial charge < -0.3 is 10.1 Å². The summed E-state index contributed by atoms with van der Waals surface area (Å²) in [6.07, 6.45) is 1.21. The maximum atomic E-state index is 12.5. The number of nitrogens with zero attached hydrogens (tertiary/aromatic N) is 2. The van der Waals surface area contributed by atoms with Crippen LogP contribution in [0.4, 0.5) is 5.00 Å². The summed E-state index contributed by atoms with van der Waals surface area (Å²) in [7, 11) is -3.65. The number of fused-ring (bicyclic) bond motifs is 1. The predicted molar refractivity (Wildman–Crippen MR) is 103 cm³/mol. The fraction of sp³-hybridized carbons (Fsp3) is 0.278. The zero-order chi connectivity index (χ0) is 20.3. The van der Waals surface area contributed by atoms with E-state index >= 15 is 0 Å². The number of hydrogen-bond acceptors (Lipinski definition) is 7. The van der Waals surface area contributed by atoms with Crippen molar-refractivity contribution in [1.82, 2.24) is 4.31 Å². The standard InChI is InChI=1S/C18H17N3O5S2/c1-28(24,25)21-10-14-5-3-2-4-12(14)8-15(21)18(23)26-11-16(22)20-17-13(9-19)6-7-27-17/h2-7,15H,8,10-11H2,1H3,(H,20,22). The first-order valence-corrected chi connectivity index (χ1v) is 11.0. The van der Waals surface area contributed by atoms with Gasteiger partial charge in [0.25, 0.3) is 5.91 Å². The first-order valence-electron chi connectivity index (χ1n) is 8.27. The molecule has 1 N–H and O–H groups in total. The van der Waals surface area contributed by atoms with E-state index in [4.69, 9.17) is 10.00 Å². The van der Waals surface area contributed by atoms with Gasteiger partial charge in [0.1, 0.15) is 17.1 Å². The second kappa shape index (κ2) is 8.10. The average Bonchev–Trinajstić information content (AvgIpc) is 3.11. The van der Waals surface area contributed by atoms with E-state index in [1.807, 2.05) is 30.3 Å². The number of thiophene rings is 1. The summed E-state index contributed by atoms with van der Waals surface area (Å²) in [5.41, 5.74) is 2.01. The van der Waals surface area contributed by atoms with Crippen LogP contribution < -0.4 is 5.32 Å². The molecule has 0 saturated carbocycles. The van der Waals surface area contributed by atoms with E-state index < -0.39 is 34.5 Å². The fourth-order valence-corrected chi connectivity index (χ4v) is 4.69. The predicted octanol–water partition coefficient (Wildman–Crippen LogP) is 1.49. The molecule has 0 aliphatic carbocycles. The van der Waals surface area contributed by atoms with Crippen LogP contribution in [-0.2, 0) is 37.3 Å². The van der Waals surface area contributed by atoms with Crippen molar-refractivity contribution in [3.63, 3.8) is 0 Å². The molecule has 0 fully saturated rings. The van der Waals surface area contributed by atoms with Gasteiger partial charge in [0.15, 0.2) is 6.61 Å². The van der Waals surface area contributed by atoms with Crippen LogP contribution in [0, 0.1) is 11.3 Å². The lowest BCUT2D eigenvalue weighted by molar-refractivity contribution is -0.151. The zero-order valence-electron chi connectivity index (χ0n) is 14.9. The zero-order valence-corrected chi connectivity index (χ0v) is 16.5. The SMILES string of the molecule is CS(=O)(=O)N1Cc2ccccc2CC1C(=O)OCC(=O)Nc1sccc1C#N. The van der Waals surface area contributed by atoms with Crippen LogP contribution in [0.1, 0.15) is 16.7 Å². The Hall–Kier alpha value is -2.74. The Balaban J connectivity index is 1.68. The molecule has 0 bridgehead atoms. The van der Waals surface area contributed by atoms with Crippen LogP contribution in [0.5, 0.6) is 0 Å². The Kier molecular flexibility index (Phi) is 5.79. The van der Waals surface area contributed by atoms with Crippen molar-refractivity contribution in [3.05, 3.63) is 52.4 Å². The number of amides is 1. The second-order valence-corrected chi connectivity index (χ2v) is 9.08. The number of anilines is 1. The van der Waals surface area contributed by atoms with Gasteiger partial charge in [-0.05, 0) is 22.6 Å². The van der Waals surface area contributed by atoms with Gasteiger partial charge in [-0.15, -0.1) is 11.3 Å². The van der Waals surface area contributed by atoms with Crippen LogP contribution in [0.3, 0.4) is 0 Å². The van der Waals surface area contributed by atoms with E-state index in [0.717, 1.165) is 21.7 Å². The lowest BCUT2D eigenvalue weighted by Gasteiger charge is -2.33. The minimum absolute atomic E-state index is 0.0711. The molecular formula is C18H17N3O5S2. The Morgan fingerprint density at radius 1 is 1.32 bits per heavy atom. The number of carbonyl (C=O) groups is 2. The molecule has 1 unspecified atom stereocenters. The van der Waals surface area contributed by atoms with Crippen molar-refractivity contribution in [2.24, 2.45) is 0 Å². The molecule has 1 aliphatic heterocycles. The highest BCUT2D eigenvalue weighted by Crippen LogP contribution is 2.26. The third kappa shape index (κ3) is 4.39. The number of rotatable bonds is 5. The summed E-state index contributed by atoms with van der Waals surface area (Å²) < 4.78 is 30.4. The summed E-state index contributed by atoms with van der Waals surface area (Å²) in [5, 5.41) is 13.5. The van der Waals surface area contributed by atoms with Crippen LogP contribution in [-0.4, -0.2) is 43.5 Å². The normalized spacial score (nSPS) is 16.6. The number of benzene rings is 1. The van der Waals surface area contributed by atoms with Gasteiger partial charge in [0, 0.05) is 13.0 Å². The number of sulfonamides is 1. The minimum atomic E-state index is -3.65. The topological polar surface area (TPSA) is 117 Å². The number of nitrogens with one attached hydrogen (secondary N) is 1. The maximum absolute atomic E-state index is 12.5. The van der Waals surface area contributed by atoms with E-state index in [2.05, 4.69) is 5.32 Å². The minimum Gasteiger partial charge on any atom is -0.454 e. The molecule has 2 heterocycles. The summed E-state index contributed by atoms with van der Waals surface area (Å²) >= 11 is 1.18. The second-order valence-electron chi connectivity index (χ2n) is 6.23. The Morgan fingerprint density at radius 2 is 2.04 bits per heavy atom. The molecule has 1 aliphatic rings. The largest absolute Gasteiger partial charge is 0.454 e. The monoisotopic (exact) mass is 419 g/mol. The molecule has 1 atom stereocenters. The molecule has 146 valence electrons. The number of ether oxygens (including phenoxy) is 1. The molecule has 8 nitrogen and oxygen atoms in total. The first kappa shape index (κ1) is 20.0. The molecule has 3 rings (SSSR count). The highest BCUT2D eigenvalue weighted by Gasteiger charge is 2.38. The number of esters is 1. The smallest absolute Gasteiger partial charge is 0.325 e. The Morgan fingerprint density at radius 3 is 2.71 bits per heavy atom. The van der Waals surface area contributed by atoms with E-state index in [-0.39, 0.29) is 13.0 Å². The van der Waals surface area contributed by atoms with E-state index in [9.17, 15) is 18.0 Å². The summed E-state index contributed by atoms with van der Waals surface area (Å²) in [6.45, 7) is -0.501. The summed E-state index contributed by atoms with van der Waals surface area (Å²) in [5.74, 6) is -1.39. The molecule has 0 saturated heterocycles. The Labute approximate surface area is 166 Å². The third-order valence-corrected chi connectivity index (χ3v) is 6.35. The van der Waals surface area contributed by atoms with E-state index in [0.29, 0.717) is 10.6 Å². The maximum Gasteiger partial charge on any atom is 0.325 e. The van der Waals surface area contributed by atoms with Gasteiger partial charge in [0.05, 0.1) is 11.8 Å². The average molecular weight is 419 g/mol. The third-order valence-electron chi connectivity index (χ3n) is 4.29. The van der Waals surface area contributed by atoms with Crippen LogP contribution in [0.2, 0.25) is 0 Å². The van der Waals surface area contributed by atoms with Crippen molar-refractivity contribution in [2.75, 3.05) is 18.2 Å². The van der Waals surface area contributed by atoms with Crippen molar-refractivity contribution < 1.29 is 22.7 Å². The molecule has 1 amide bonds. The molecule has 2 aromatic rings. The van der Waals surface area contributed by atoms with Crippen molar-refractivity contribution in [3.8, 4) is 6.07 Å². The number of carbonyl (C=O) groups excluding carboxylic acids is 2. The number of nitriles is 1. The van der Waals surface area contributed by atoms with Crippen LogP contribution in [0.25, 0.3) is 0 Å². The van der Waals surface area contributed by atoms with Crippen molar-refractivity contribution in [1.29, 1.82) is 5.26 Å². The van der Waals surface area contributed by atoms with Gasteiger partial charge in [-0.1, -0.05) is 24.3 Å². The Bertz CT molecular complexity index is 1060. The van der Waals surface area contributed by atoms with Gasteiger partial charge in [0.2, 0.25) is 10.0 Å². The van der Waals surface area contributed by atoms with Gasteiger partial charge >= 0.3 is 5.97 Å². The first-order chi connectivity index (χ1) is 13.3. The molecule has 0 radical (unpaired) electrons. The molecule has 1 aromatic carbocycles. The van der Waals surface area contributed by atoms with Gasteiger partial charge in [-0.2, -0.15) is 9.57 Å². The van der Waals surface area contributed by atoms with Gasteiger partial charge in [-0.3, -0.25) is 9.59 Å². The quantitative estimate of drug-likeness (QED) is 0.734. The lowest BCUT2D eigenvalue weighted by Crippen LogP contribution is -2.49. The van der Waals surface area contributed by atoms with Crippen LogP contribution in [0.15, 0.2) is 35.7 Å². The highest BCUT2D eigenvalue weighted by atomic mass is 32.2. The molecule has 1 aromatic heterocycles. The molecule has 10 heteroatoms. The lowest BCUT2D eigenvalue weighted by atomic mass is 9.96. The van der Waals surface area contributed by atoms with E-state index in [1.54, 1.807) is 11.4 Å². The fourth-order valence-electron chi connectivity index (χ4n) is 2.94. The van der Waals surface area contributed by atoms with Crippen molar-refractivity contribution >= 4 is 38.2 Å². The molecule has 28 heavy (non-hydrogen) atoms. The molecule has 0 spiro atoms. The van der Waals surface area contributed by atoms with E-state index in [1.165, 1.54) is 11.3 Å². The molecular weight excluding hydrogens is 402 g/mol. The van der Waals surface area contributed by atoms with Gasteiger partial charge in [-0.25, -0.2) is 8.42 Å². The number of hydrogen-bond donors (Lipinski definition) is 1. The summed E-state index contributed by atoms with van der Waals surface area (Å²) in [4.78, 5) is 24.6. The highest BCUT2D eigenvalue weighted by molar-refractivity contribution is 7.88.